The van der Waals surface area contributed by atoms with Crippen LogP contribution in [0.4, 0.5) is 5.69 Å². The van der Waals surface area contributed by atoms with Gasteiger partial charge >= 0.3 is 0 Å². The van der Waals surface area contributed by atoms with Crippen LogP contribution in [0, 0.1) is 16.0 Å². The van der Waals surface area contributed by atoms with Gasteiger partial charge in [-0.1, -0.05) is 12.1 Å². The molecular formula is C14H21N3O2. The summed E-state index contributed by atoms with van der Waals surface area (Å²) >= 11 is 0. The monoisotopic (exact) mass is 263 g/mol. The lowest BCUT2D eigenvalue weighted by Gasteiger charge is -2.29. The van der Waals surface area contributed by atoms with E-state index in [2.05, 4.69) is 18.7 Å². The lowest BCUT2D eigenvalue weighted by Crippen LogP contribution is -2.30. The van der Waals surface area contributed by atoms with Crippen molar-refractivity contribution in [3.05, 3.63) is 39.9 Å². The minimum Gasteiger partial charge on any atom is -0.330 e. The first-order chi connectivity index (χ1) is 9.02. The zero-order chi connectivity index (χ0) is 14.0. The van der Waals surface area contributed by atoms with Crippen LogP contribution in [0.15, 0.2) is 24.3 Å². The topological polar surface area (TPSA) is 72.4 Å². The van der Waals surface area contributed by atoms with E-state index in [9.17, 15) is 10.1 Å². The molecule has 0 aliphatic carbocycles. The molecule has 2 N–H and O–H groups in total. The van der Waals surface area contributed by atoms with Crippen molar-refractivity contribution >= 4 is 5.69 Å². The van der Waals surface area contributed by atoms with Gasteiger partial charge in [-0.25, -0.2) is 0 Å². The van der Waals surface area contributed by atoms with Crippen molar-refractivity contribution < 1.29 is 4.92 Å². The van der Waals surface area contributed by atoms with Gasteiger partial charge in [0.05, 0.1) is 4.92 Å². The van der Waals surface area contributed by atoms with Crippen LogP contribution in [0.2, 0.25) is 0 Å². The Hall–Kier alpha value is -1.46. The number of non-ortho nitro benzene ring substituents is 1. The molecule has 0 spiro atoms. The van der Waals surface area contributed by atoms with Crippen molar-refractivity contribution in [3.63, 3.8) is 0 Å². The molecule has 5 nitrogen and oxygen atoms in total. The van der Waals surface area contributed by atoms with Gasteiger partial charge in [0.25, 0.3) is 5.69 Å². The number of hydrogen-bond acceptors (Lipinski definition) is 4. The predicted molar refractivity (Wildman–Crippen MR) is 74.8 cm³/mol. The minimum absolute atomic E-state index is 0.144. The lowest BCUT2D eigenvalue weighted by atomic mass is 10.1. The summed E-state index contributed by atoms with van der Waals surface area (Å²) in [5.41, 5.74) is 7.01. The molecule has 0 saturated carbocycles. The van der Waals surface area contributed by atoms with E-state index in [1.165, 1.54) is 0 Å². The fourth-order valence-corrected chi connectivity index (χ4v) is 2.95. The van der Waals surface area contributed by atoms with E-state index in [0.29, 0.717) is 12.0 Å². The van der Waals surface area contributed by atoms with Crippen LogP contribution >= 0.6 is 0 Å². The molecule has 0 amide bonds. The number of nitro groups is 1. The van der Waals surface area contributed by atoms with Crippen molar-refractivity contribution in [2.45, 2.75) is 32.4 Å². The molecule has 1 aliphatic rings. The molecule has 0 radical (unpaired) electrons. The number of nitro benzene ring substituents is 1. The normalized spacial score (nSPS) is 25.4. The van der Waals surface area contributed by atoms with Crippen LogP contribution in [0.25, 0.3) is 0 Å². The van der Waals surface area contributed by atoms with Gasteiger partial charge in [-0.05, 0) is 38.3 Å². The standard InChI is InChI=1S/C14H21N3O2/c1-10-7-12(8-15)9-16(10)11(2)13-3-5-14(6-4-13)17(18)19/h3-6,10-12H,7-9,15H2,1-2H3. The Labute approximate surface area is 113 Å². The summed E-state index contributed by atoms with van der Waals surface area (Å²) in [5, 5.41) is 10.7. The molecule has 1 aromatic carbocycles. The summed E-state index contributed by atoms with van der Waals surface area (Å²) in [7, 11) is 0. The molecular weight excluding hydrogens is 242 g/mol. The molecule has 104 valence electrons. The largest absolute Gasteiger partial charge is 0.330 e. The van der Waals surface area contributed by atoms with Crippen LogP contribution in [-0.2, 0) is 0 Å². The summed E-state index contributed by atoms with van der Waals surface area (Å²) in [4.78, 5) is 12.7. The fourth-order valence-electron chi connectivity index (χ4n) is 2.95. The van der Waals surface area contributed by atoms with E-state index in [1.807, 2.05) is 12.1 Å². The van der Waals surface area contributed by atoms with Crippen LogP contribution in [0.3, 0.4) is 0 Å². The molecule has 1 heterocycles. The maximum atomic E-state index is 10.7. The Morgan fingerprint density at radius 3 is 2.58 bits per heavy atom. The van der Waals surface area contributed by atoms with Gasteiger partial charge in [-0.15, -0.1) is 0 Å². The molecule has 1 aromatic rings. The van der Waals surface area contributed by atoms with Crippen LogP contribution in [0.1, 0.15) is 31.9 Å². The van der Waals surface area contributed by atoms with Gasteiger partial charge < -0.3 is 5.73 Å². The average molecular weight is 263 g/mol. The average Bonchev–Trinajstić information content (AvgIpc) is 2.79. The third kappa shape index (κ3) is 2.93. The highest BCUT2D eigenvalue weighted by molar-refractivity contribution is 5.34. The Kier molecular flexibility index (Phi) is 4.17. The molecule has 1 saturated heterocycles. The van der Waals surface area contributed by atoms with Gasteiger partial charge in [0.15, 0.2) is 0 Å². The predicted octanol–water partition coefficient (Wildman–Crippen LogP) is 2.32. The van der Waals surface area contributed by atoms with Crippen molar-refractivity contribution in [1.29, 1.82) is 0 Å². The van der Waals surface area contributed by atoms with E-state index >= 15 is 0 Å². The Morgan fingerprint density at radius 2 is 2.11 bits per heavy atom. The number of nitrogens with zero attached hydrogens (tertiary/aromatic N) is 2. The second-order valence-electron chi connectivity index (χ2n) is 5.41. The second-order valence-corrected chi connectivity index (χ2v) is 5.41. The highest BCUT2D eigenvalue weighted by Gasteiger charge is 2.31. The third-order valence-corrected chi connectivity index (χ3v) is 4.13. The van der Waals surface area contributed by atoms with Crippen LogP contribution in [0.5, 0.6) is 0 Å². The van der Waals surface area contributed by atoms with Crippen LogP contribution < -0.4 is 5.73 Å². The van der Waals surface area contributed by atoms with E-state index in [0.717, 1.165) is 25.1 Å². The number of benzene rings is 1. The van der Waals surface area contributed by atoms with Gasteiger partial charge in [-0.3, -0.25) is 15.0 Å². The Bertz CT molecular complexity index is 447. The highest BCUT2D eigenvalue weighted by atomic mass is 16.6. The number of rotatable bonds is 4. The summed E-state index contributed by atoms with van der Waals surface area (Å²) in [6.07, 6.45) is 1.13. The van der Waals surface area contributed by atoms with Crippen molar-refractivity contribution in [3.8, 4) is 0 Å². The number of likely N-dealkylation sites (tertiary alicyclic amines) is 1. The van der Waals surface area contributed by atoms with Crippen molar-refractivity contribution in [2.24, 2.45) is 11.7 Å². The highest BCUT2D eigenvalue weighted by Crippen LogP contribution is 2.32. The van der Waals surface area contributed by atoms with Gasteiger partial charge in [0, 0.05) is 30.8 Å². The minimum atomic E-state index is -0.364. The summed E-state index contributed by atoms with van der Waals surface area (Å²) < 4.78 is 0. The smallest absolute Gasteiger partial charge is 0.269 e. The van der Waals surface area contributed by atoms with E-state index in [4.69, 9.17) is 5.73 Å². The molecule has 0 bridgehead atoms. The Morgan fingerprint density at radius 1 is 1.47 bits per heavy atom. The third-order valence-electron chi connectivity index (χ3n) is 4.13. The molecule has 3 atom stereocenters. The fraction of sp³-hybridized carbons (Fsp3) is 0.571. The first-order valence-electron chi connectivity index (χ1n) is 6.73. The maximum Gasteiger partial charge on any atom is 0.269 e. The van der Waals surface area contributed by atoms with E-state index in [1.54, 1.807) is 12.1 Å². The molecule has 1 fully saturated rings. The quantitative estimate of drug-likeness (QED) is 0.668. The lowest BCUT2D eigenvalue weighted by molar-refractivity contribution is -0.384. The molecule has 2 rings (SSSR count). The molecule has 5 heteroatoms. The number of hydrogen-bond donors (Lipinski definition) is 1. The van der Waals surface area contributed by atoms with Gasteiger partial charge in [0.1, 0.15) is 0 Å². The van der Waals surface area contributed by atoms with Crippen molar-refractivity contribution in [1.82, 2.24) is 4.90 Å². The number of nitrogens with two attached hydrogens (primary N) is 1. The zero-order valence-corrected chi connectivity index (χ0v) is 11.5. The van der Waals surface area contributed by atoms with Crippen molar-refractivity contribution in [2.75, 3.05) is 13.1 Å². The SMILES string of the molecule is CC1CC(CN)CN1C(C)c1ccc([N+](=O)[O-])cc1. The van der Waals surface area contributed by atoms with Gasteiger partial charge in [-0.2, -0.15) is 0 Å². The molecule has 0 aromatic heterocycles. The first kappa shape index (κ1) is 14.0. The van der Waals surface area contributed by atoms with E-state index in [-0.39, 0.29) is 16.7 Å². The first-order valence-corrected chi connectivity index (χ1v) is 6.73. The second kappa shape index (κ2) is 5.67. The summed E-state index contributed by atoms with van der Waals surface area (Å²) in [6.45, 7) is 6.11. The van der Waals surface area contributed by atoms with E-state index < -0.39 is 0 Å². The molecule has 3 unspecified atom stereocenters. The Balaban J connectivity index is 2.11. The zero-order valence-electron chi connectivity index (χ0n) is 11.5. The molecule has 1 aliphatic heterocycles. The maximum absolute atomic E-state index is 10.7. The molecule has 19 heavy (non-hydrogen) atoms. The van der Waals surface area contributed by atoms with Crippen LogP contribution in [-0.4, -0.2) is 29.0 Å². The van der Waals surface area contributed by atoms with Gasteiger partial charge in [0.2, 0.25) is 0 Å². The summed E-state index contributed by atoms with van der Waals surface area (Å²) in [5.74, 6) is 0.565. The summed E-state index contributed by atoms with van der Waals surface area (Å²) in [6, 6.07) is 7.64.